The van der Waals surface area contributed by atoms with E-state index in [2.05, 4.69) is 39.9 Å². The first-order valence-electron chi connectivity index (χ1n) is 8.77. The van der Waals surface area contributed by atoms with Crippen molar-refractivity contribution >= 4 is 17.5 Å². The van der Waals surface area contributed by atoms with Gasteiger partial charge in [-0.05, 0) is 43.2 Å². The van der Waals surface area contributed by atoms with Crippen LogP contribution in [0.2, 0.25) is 0 Å². The number of nitrogens with one attached hydrogen (secondary N) is 2. The summed E-state index contributed by atoms with van der Waals surface area (Å²) >= 11 is 0. The molecular weight excluding hydrogens is 338 g/mol. The number of hydrogen-bond acceptors (Lipinski definition) is 3. The van der Waals surface area contributed by atoms with Gasteiger partial charge < -0.3 is 10.6 Å². The van der Waals surface area contributed by atoms with Gasteiger partial charge in [0.15, 0.2) is 0 Å². The predicted octanol–water partition coefficient (Wildman–Crippen LogP) is 3.61. The molecule has 5 heteroatoms. The molecule has 1 heterocycles. The summed E-state index contributed by atoms with van der Waals surface area (Å²) < 4.78 is 0. The lowest BCUT2D eigenvalue weighted by atomic mass is 10.1. The molecule has 0 aliphatic carbocycles. The Kier molecular flexibility index (Phi) is 5.94. The number of benzene rings is 2. The molecule has 3 aromatic rings. The zero-order valence-electron chi connectivity index (χ0n) is 15.1. The smallest absolute Gasteiger partial charge is 0.255 e. The molecular formula is C22H21N3O2. The van der Waals surface area contributed by atoms with Gasteiger partial charge in [-0.15, -0.1) is 0 Å². The molecule has 1 aromatic heterocycles. The SMILES string of the molecule is Cc1ccc(CCNC(=O)c2ccccc2NC(=O)c2ccncc2)cc1. The Morgan fingerprint density at radius 1 is 0.889 bits per heavy atom. The third-order valence-electron chi connectivity index (χ3n) is 4.18. The number of para-hydroxylation sites is 1. The van der Waals surface area contributed by atoms with Crippen molar-refractivity contribution in [1.82, 2.24) is 10.3 Å². The van der Waals surface area contributed by atoms with E-state index in [1.165, 1.54) is 11.1 Å². The third-order valence-corrected chi connectivity index (χ3v) is 4.18. The molecule has 0 atom stereocenters. The van der Waals surface area contributed by atoms with Crippen molar-refractivity contribution in [3.8, 4) is 0 Å². The molecule has 0 radical (unpaired) electrons. The number of anilines is 1. The largest absolute Gasteiger partial charge is 0.352 e. The molecule has 0 saturated carbocycles. The van der Waals surface area contributed by atoms with Gasteiger partial charge in [0.2, 0.25) is 0 Å². The lowest BCUT2D eigenvalue weighted by Gasteiger charge is -2.11. The van der Waals surface area contributed by atoms with E-state index < -0.39 is 0 Å². The van der Waals surface area contributed by atoms with E-state index in [9.17, 15) is 9.59 Å². The average molecular weight is 359 g/mol. The minimum atomic E-state index is -0.280. The molecule has 0 bridgehead atoms. The highest BCUT2D eigenvalue weighted by molar-refractivity contribution is 6.08. The standard InChI is InChI=1S/C22H21N3O2/c1-16-6-8-17(9-7-16)10-15-24-22(27)19-4-2-3-5-20(19)25-21(26)18-11-13-23-14-12-18/h2-9,11-14H,10,15H2,1H3,(H,24,27)(H,25,26). The summed E-state index contributed by atoms with van der Waals surface area (Å²) in [4.78, 5) is 28.8. The molecule has 0 fully saturated rings. The van der Waals surface area contributed by atoms with Gasteiger partial charge in [0.1, 0.15) is 0 Å². The molecule has 2 amide bonds. The number of rotatable bonds is 6. The Morgan fingerprint density at radius 2 is 1.59 bits per heavy atom. The highest BCUT2D eigenvalue weighted by atomic mass is 16.2. The van der Waals surface area contributed by atoms with Crippen LogP contribution >= 0.6 is 0 Å². The molecule has 136 valence electrons. The van der Waals surface area contributed by atoms with Crippen molar-refractivity contribution in [2.24, 2.45) is 0 Å². The second-order valence-electron chi connectivity index (χ2n) is 6.23. The fourth-order valence-corrected chi connectivity index (χ4v) is 2.66. The van der Waals surface area contributed by atoms with Crippen LogP contribution in [0.4, 0.5) is 5.69 Å². The molecule has 0 saturated heterocycles. The Labute approximate surface area is 158 Å². The van der Waals surface area contributed by atoms with E-state index in [1.54, 1.807) is 48.8 Å². The second-order valence-corrected chi connectivity index (χ2v) is 6.23. The second kappa shape index (κ2) is 8.76. The number of aromatic nitrogens is 1. The van der Waals surface area contributed by atoms with Gasteiger partial charge in [0.25, 0.3) is 11.8 Å². The summed E-state index contributed by atoms with van der Waals surface area (Å²) in [7, 11) is 0. The van der Waals surface area contributed by atoms with Crippen LogP contribution in [0.5, 0.6) is 0 Å². The Morgan fingerprint density at radius 3 is 2.33 bits per heavy atom. The molecule has 2 aromatic carbocycles. The summed E-state index contributed by atoms with van der Waals surface area (Å²) in [5.74, 6) is -0.495. The Bertz CT molecular complexity index is 922. The van der Waals surface area contributed by atoms with Gasteiger partial charge in [0, 0.05) is 24.5 Å². The van der Waals surface area contributed by atoms with Crippen LogP contribution in [0.25, 0.3) is 0 Å². The topological polar surface area (TPSA) is 71.1 Å². The quantitative estimate of drug-likeness (QED) is 0.706. The Hall–Kier alpha value is -3.47. The van der Waals surface area contributed by atoms with Crippen molar-refractivity contribution in [3.05, 3.63) is 95.3 Å². The van der Waals surface area contributed by atoms with Gasteiger partial charge in [-0.2, -0.15) is 0 Å². The fourth-order valence-electron chi connectivity index (χ4n) is 2.66. The monoisotopic (exact) mass is 359 g/mol. The van der Waals surface area contributed by atoms with E-state index >= 15 is 0 Å². The van der Waals surface area contributed by atoms with E-state index in [0.717, 1.165) is 6.42 Å². The average Bonchev–Trinajstić information content (AvgIpc) is 2.70. The van der Waals surface area contributed by atoms with Crippen LogP contribution in [0, 0.1) is 6.92 Å². The van der Waals surface area contributed by atoms with Crippen LogP contribution < -0.4 is 10.6 Å². The van der Waals surface area contributed by atoms with E-state index in [-0.39, 0.29) is 11.8 Å². The highest BCUT2D eigenvalue weighted by Crippen LogP contribution is 2.16. The summed E-state index contributed by atoms with van der Waals surface area (Å²) in [5.41, 5.74) is 3.78. The molecule has 0 aliphatic heterocycles. The van der Waals surface area contributed by atoms with Crippen LogP contribution in [0.15, 0.2) is 73.1 Å². The zero-order valence-corrected chi connectivity index (χ0v) is 15.1. The number of carbonyl (C=O) groups is 2. The molecule has 5 nitrogen and oxygen atoms in total. The molecule has 2 N–H and O–H groups in total. The van der Waals surface area contributed by atoms with Gasteiger partial charge >= 0.3 is 0 Å². The summed E-state index contributed by atoms with van der Waals surface area (Å²) in [5, 5.41) is 5.71. The maximum atomic E-state index is 12.6. The first-order chi connectivity index (χ1) is 13.1. The summed E-state index contributed by atoms with van der Waals surface area (Å²) in [6.07, 6.45) is 3.86. The molecule has 3 rings (SSSR count). The minimum absolute atomic E-state index is 0.215. The number of amides is 2. The maximum Gasteiger partial charge on any atom is 0.255 e. The van der Waals surface area contributed by atoms with Gasteiger partial charge in [-0.3, -0.25) is 14.6 Å². The number of hydrogen-bond donors (Lipinski definition) is 2. The van der Waals surface area contributed by atoms with Crippen molar-refractivity contribution in [2.75, 3.05) is 11.9 Å². The van der Waals surface area contributed by atoms with Crippen LogP contribution in [-0.2, 0) is 6.42 Å². The fraction of sp³-hybridized carbons (Fsp3) is 0.136. The number of pyridine rings is 1. The van der Waals surface area contributed by atoms with Crippen LogP contribution in [-0.4, -0.2) is 23.3 Å². The predicted molar refractivity (Wildman–Crippen MR) is 106 cm³/mol. The van der Waals surface area contributed by atoms with Crippen molar-refractivity contribution in [2.45, 2.75) is 13.3 Å². The summed E-state index contributed by atoms with van der Waals surface area (Å²) in [6.45, 7) is 2.57. The molecule has 0 spiro atoms. The number of nitrogens with zero attached hydrogens (tertiary/aromatic N) is 1. The molecule has 0 aliphatic rings. The maximum absolute atomic E-state index is 12.6. The Balaban J connectivity index is 1.63. The van der Waals surface area contributed by atoms with Crippen LogP contribution in [0.3, 0.4) is 0 Å². The molecule has 0 unspecified atom stereocenters. The highest BCUT2D eigenvalue weighted by Gasteiger charge is 2.13. The van der Waals surface area contributed by atoms with E-state index in [0.29, 0.717) is 23.4 Å². The van der Waals surface area contributed by atoms with Crippen LogP contribution in [0.1, 0.15) is 31.8 Å². The summed E-state index contributed by atoms with van der Waals surface area (Å²) in [6, 6.07) is 18.5. The van der Waals surface area contributed by atoms with Crippen molar-refractivity contribution in [1.29, 1.82) is 0 Å². The van der Waals surface area contributed by atoms with Gasteiger partial charge in [-0.25, -0.2) is 0 Å². The third kappa shape index (κ3) is 5.01. The van der Waals surface area contributed by atoms with E-state index in [4.69, 9.17) is 0 Å². The normalized spacial score (nSPS) is 10.3. The first kappa shape index (κ1) is 18.3. The zero-order chi connectivity index (χ0) is 19.1. The first-order valence-corrected chi connectivity index (χ1v) is 8.77. The van der Waals surface area contributed by atoms with E-state index in [1.807, 2.05) is 6.92 Å². The molecule has 27 heavy (non-hydrogen) atoms. The minimum Gasteiger partial charge on any atom is -0.352 e. The van der Waals surface area contributed by atoms with Gasteiger partial charge in [-0.1, -0.05) is 42.0 Å². The lowest BCUT2D eigenvalue weighted by molar-refractivity contribution is 0.0955. The number of aryl methyl sites for hydroxylation is 1. The van der Waals surface area contributed by atoms with Gasteiger partial charge in [0.05, 0.1) is 11.3 Å². The number of carbonyl (C=O) groups excluding carboxylic acids is 2. The van der Waals surface area contributed by atoms with Crippen molar-refractivity contribution < 1.29 is 9.59 Å². The van der Waals surface area contributed by atoms with Crippen molar-refractivity contribution in [3.63, 3.8) is 0 Å². The lowest BCUT2D eigenvalue weighted by Crippen LogP contribution is -2.27.